The van der Waals surface area contributed by atoms with Crippen molar-refractivity contribution in [1.82, 2.24) is 0 Å². The second-order valence-corrected chi connectivity index (χ2v) is 1.74. The zero-order chi connectivity index (χ0) is 9.56. The van der Waals surface area contributed by atoms with Crippen LogP contribution in [0.4, 0.5) is 8.78 Å². The lowest BCUT2D eigenvalue weighted by Gasteiger charge is -1.90. The summed E-state index contributed by atoms with van der Waals surface area (Å²) in [5, 5.41) is 8.19. The third kappa shape index (κ3) is 2.67. The Bertz CT molecular complexity index is 289. The molecule has 1 rings (SSSR count). The molecular formula is C9H9F2N. The van der Waals surface area contributed by atoms with Crippen molar-refractivity contribution in [3.05, 3.63) is 35.4 Å². The molecule has 0 bridgehead atoms. The van der Waals surface area contributed by atoms with Gasteiger partial charge in [-0.15, -0.1) is 0 Å². The van der Waals surface area contributed by atoms with E-state index in [1.807, 2.05) is 13.8 Å². The van der Waals surface area contributed by atoms with Crippen LogP contribution in [0.2, 0.25) is 0 Å². The molecule has 0 heterocycles. The van der Waals surface area contributed by atoms with Gasteiger partial charge in [-0.2, -0.15) is 5.26 Å². The van der Waals surface area contributed by atoms with Gasteiger partial charge in [0.05, 0.1) is 5.56 Å². The summed E-state index contributed by atoms with van der Waals surface area (Å²) in [7, 11) is 0. The number of halogens is 2. The predicted octanol–water partition coefficient (Wildman–Crippen LogP) is 2.86. The fourth-order valence-electron chi connectivity index (χ4n) is 0.583. The first kappa shape index (κ1) is 10.6. The van der Waals surface area contributed by atoms with E-state index >= 15 is 0 Å². The maximum Gasteiger partial charge on any atom is 0.141 e. The lowest BCUT2D eigenvalue weighted by Crippen LogP contribution is -1.83. The molecule has 0 amide bonds. The molecule has 0 N–H and O–H groups in total. The Labute approximate surface area is 70.3 Å². The van der Waals surface area contributed by atoms with Crippen molar-refractivity contribution in [3.63, 3.8) is 0 Å². The topological polar surface area (TPSA) is 23.8 Å². The number of rotatable bonds is 0. The maximum atomic E-state index is 12.4. The van der Waals surface area contributed by atoms with Crippen molar-refractivity contribution in [3.8, 4) is 6.07 Å². The van der Waals surface area contributed by atoms with Crippen LogP contribution in [0.3, 0.4) is 0 Å². The predicted molar refractivity (Wildman–Crippen MR) is 42.4 cm³/mol. The first-order valence-corrected chi connectivity index (χ1v) is 3.59. The van der Waals surface area contributed by atoms with Crippen LogP contribution < -0.4 is 0 Å². The van der Waals surface area contributed by atoms with Gasteiger partial charge >= 0.3 is 0 Å². The molecule has 0 aliphatic heterocycles. The zero-order valence-electron chi connectivity index (χ0n) is 6.94. The molecule has 0 fully saturated rings. The van der Waals surface area contributed by atoms with Gasteiger partial charge < -0.3 is 0 Å². The Hall–Kier alpha value is -1.43. The molecule has 0 saturated heterocycles. The molecule has 0 unspecified atom stereocenters. The zero-order valence-corrected chi connectivity index (χ0v) is 6.94. The summed E-state index contributed by atoms with van der Waals surface area (Å²) in [5.41, 5.74) is -0.264. The summed E-state index contributed by atoms with van der Waals surface area (Å²) >= 11 is 0. The number of hydrogen-bond donors (Lipinski definition) is 0. The van der Waals surface area contributed by atoms with E-state index in [4.69, 9.17) is 5.26 Å². The molecule has 0 spiro atoms. The minimum absolute atomic E-state index is 0.264. The summed E-state index contributed by atoms with van der Waals surface area (Å²) in [4.78, 5) is 0. The molecule has 0 radical (unpaired) electrons. The second kappa shape index (κ2) is 5.25. The van der Waals surface area contributed by atoms with Crippen molar-refractivity contribution in [2.75, 3.05) is 0 Å². The average Bonchev–Trinajstić information content (AvgIpc) is 2.13. The van der Waals surface area contributed by atoms with Crippen LogP contribution in [0, 0.1) is 23.0 Å². The van der Waals surface area contributed by atoms with E-state index < -0.39 is 11.6 Å². The molecule has 0 aliphatic carbocycles. The van der Waals surface area contributed by atoms with Gasteiger partial charge in [0.1, 0.15) is 17.7 Å². The minimum atomic E-state index is -0.691. The van der Waals surface area contributed by atoms with Gasteiger partial charge in [-0.1, -0.05) is 13.8 Å². The minimum Gasteiger partial charge on any atom is -0.207 e. The van der Waals surface area contributed by atoms with Gasteiger partial charge in [0.25, 0.3) is 0 Å². The lowest BCUT2D eigenvalue weighted by molar-refractivity contribution is 0.597. The van der Waals surface area contributed by atoms with Crippen molar-refractivity contribution in [1.29, 1.82) is 5.26 Å². The van der Waals surface area contributed by atoms with Gasteiger partial charge in [0.2, 0.25) is 0 Å². The molecule has 0 saturated carbocycles. The van der Waals surface area contributed by atoms with Crippen molar-refractivity contribution in [2.45, 2.75) is 13.8 Å². The maximum absolute atomic E-state index is 12.4. The number of hydrogen-bond acceptors (Lipinski definition) is 1. The quantitative estimate of drug-likeness (QED) is 0.585. The largest absolute Gasteiger partial charge is 0.207 e. The smallest absolute Gasteiger partial charge is 0.141 e. The van der Waals surface area contributed by atoms with Gasteiger partial charge in [0, 0.05) is 0 Å². The molecule has 1 nitrogen and oxygen atoms in total. The van der Waals surface area contributed by atoms with E-state index in [1.165, 1.54) is 6.07 Å². The highest BCUT2D eigenvalue weighted by atomic mass is 19.1. The second-order valence-electron chi connectivity index (χ2n) is 1.74. The first-order chi connectivity index (χ1) is 5.74. The average molecular weight is 169 g/mol. The lowest BCUT2D eigenvalue weighted by atomic mass is 10.2. The third-order valence-corrected chi connectivity index (χ3v) is 1.05. The van der Waals surface area contributed by atoms with Crippen LogP contribution in [0.5, 0.6) is 0 Å². The van der Waals surface area contributed by atoms with Crippen LogP contribution in [-0.4, -0.2) is 0 Å². The summed E-state index contributed by atoms with van der Waals surface area (Å²) in [6.45, 7) is 4.00. The molecule has 0 aromatic heterocycles. The molecule has 1 aromatic rings. The Kier molecular flexibility index (Phi) is 4.62. The monoisotopic (exact) mass is 169 g/mol. The Balaban J connectivity index is 0.000000561. The van der Waals surface area contributed by atoms with Gasteiger partial charge in [-0.3, -0.25) is 0 Å². The van der Waals surface area contributed by atoms with Crippen molar-refractivity contribution < 1.29 is 8.78 Å². The number of nitriles is 1. The first-order valence-electron chi connectivity index (χ1n) is 3.59. The highest BCUT2D eigenvalue weighted by molar-refractivity contribution is 5.30. The van der Waals surface area contributed by atoms with Crippen molar-refractivity contribution >= 4 is 0 Å². The van der Waals surface area contributed by atoms with Gasteiger partial charge in [0.15, 0.2) is 0 Å². The number of nitrogens with zero attached hydrogens (tertiary/aromatic N) is 1. The van der Waals surface area contributed by atoms with E-state index in [0.717, 1.165) is 18.2 Å². The summed E-state index contributed by atoms with van der Waals surface area (Å²) in [5.74, 6) is -1.29. The third-order valence-electron chi connectivity index (χ3n) is 1.05. The fourth-order valence-corrected chi connectivity index (χ4v) is 0.583. The van der Waals surface area contributed by atoms with Gasteiger partial charge in [-0.25, -0.2) is 8.78 Å². The normalized spacial score (nSPS) is 7.92. The molecular weight excluding hydrogens is 160 g/mol. The Morgan fingerprint density at radius 3 is 2.25 bits per heavy atom. The highest BCUT2D eigenvalue weighted by Crippen LogP contribution is 2.07. The van der Waals surface area contributed by atoms with Crippen LogP contribution >= 0.6 is 0 Å². The van der Waals surface area contributed by atoms with E-state index in [2.05, 4.69) is 0 Å². The van der Waals surface area contributed by atoms with Crippen LogP contribution in [-0.2, 0) is 0 Å². The molecule has 64 valence electrons. The van der Waals surface area contributed by atoms with Crippen LogP contribution in [0.25, 0.3) is 0 Å². The van der Waals surface area contributed by atoms with E-state index in [-0.39, 0.29) is 5.56 Å². The fraction of sp³-hybridized carbons (Fsp3) is 0.222. The van der Waals surface area contributed by atoms with Crippen LogP contribution in [0.15, 0.2) is 18.2 Å². The Morgan fingerprint density at radius 1 is 1.25 bits per heavy atom. The Morgan fingerprint density at radius 2 is 1.83 bits per heavy atom. The van der Waals surface area contributed by atoms with E-state index in [1.54, 1.807) is 0 Å². The van der Waals surface area contributed by atoms with Crippen molar-refractivity contribution in [2.24, 2.45) is 0 Å². The molecule has 12 heavy (non-hydrogen) atoms. The standard InChI is InChI=1S/C7H3F2N.C2H6/c8-6-1-2-7(9)5(3-6)4-10;1-2/h1-3H;1-2H3. The molecule has 3 heteroatoms. The molecule has 0 atom stereocenters. The SMILES string of the molecule is CC.N#Cc1cc(F)ccc1F. The summed E-state index contributed by atoms with van der Waals surface area (Å²) in [6, 6.07) is 4.27. The highest BCUT2D eigenvalue weighted by Gasteiger charge is 2.00. The van der Waals surface area contributed by atoms with E-state index in [9.17, 15) is 8.78 Å². The summed E-state index contributed by atoms with van der Waals surface area (Å²) in [6.07, 6.45) is 0. The molecule has 0 aliphatic rings. The van der Waals surface area contributed by atoms with E-state index in [0.29, 0.717) is 0 Å². The van der Waals surface area contributed by atoms with Gasteiger partial charge in [-0.05, 0) is 18.2 Å². The summed E-state index contributed by atoms with van der Waals surface area (Å²) < 4.78 is 24.6. The van der Waals surface area contributed by atoms with Crippen LogP contribution in [0.1, 0.15) is 19.4 Å². The number of benzene rings is 1. The molecule has 1 aromatic carbocycles.